The molecule has 0 bridgehead atoms. The number of amides is 1. The fourth-order valence-electron chi connectivity index (χ4n) is 2.15. The molecule has 118 valence electrons. The average Bonchev–Trinajstić information content (AvgIpc) is 2.24. The summed E-state index contributed by atoms with van der Waals surface area (Å²) in [5.41, 5.74) is 7.24. The number of hydrogen-bond acceptors (Lipinski definition) is 3. The van der Waals surface area contributed by atoms with Crippen LogP contribution in [0.5, 0.6) is 5.75 Å². The molecule has 0 aromatic heterocycles. The minimum Gasteiger partial charge on any atom is -0.484 e. The summed E-state index contributed by atoms with van der Waals surface area (Å²) in [6, 6.07) is 3.49. The van der Waals surface area contributed by atoms with Gasteiger partial charge in [-0.2, -0.15) is 13.2 Å². The van der Waals surface area contributed by atoms with Crippen LogP contribution in [0.25, 0.3) is 0 Å². The van der Waals surface area contributed by atoms with Crippen LogP contribution in [-0.4, -0.2) is 37.2 Å². The van der Waals surface area contributed by atoms with Crippen molar-refractivity contribution in [3.63, 3.8) is 0 Å². The van der Waals surface area contributed by atoms with Crippen LogP contribution in [0.2, 0.25) is 0 Å². The number of ether oxygens (including phenoxy) is 1. The number of alkyl halides is 3. The summed E-state index contributed by atoms with van der Waals surface area (Å²) in [6.07, 6.45) is -4.36. The summed E-state index contributed by atoms with van der Waals surface area (Å²) in [6.45, 7) is 2.66. The van der Waals surface area contributed by atoms with Crippen LogP contribution in [-0.2, 0) is 11.3 Å². The Labute approximate surface area is 121 Å². The van der Waals surface area contributed by atoms with Crippen LogP contribution in [0.15, 0.2) is 12.1 Å². The van der Waals surface area contributed by atoms with Crippen LogP contribution in [0.1, 0.15) is 16.7 Å². The first-order chi connectivity index (χ1) is 9.58. The lowest BCUT2D eigenvalue weighted by Crippen LogP contribution is -2.30. The van der Waals surface area contributed by atoms with E-state index in [4.69, 9.17) is 10.5 Å². The summed E-state index contributed by atoms with van der Waals surface area (Å²) in [5, 5.41) is 0. The van der Waals surface area contributed by atoms with Crippen LogP contribution < -0.4 is 10.5 Å². The second-order valence-electron chi connectivity index (χ2n) is 5.10. The Hall–Kier alpha value is -1.76. The lowest BCUT2D eigenvalue weighted by atomic mass is 10.1. The van der Waals surface area contributed by atoms with E-state index in [0.29, 0.717) is 17.7 Å². The second-order valence-corrected chi connectivity index (χ2v) is 5.10. The molecule has 1 aromatic carbocycles. The summed E-state index contributed by atoms with van der Waals surface area (Å²) >= 11 is 0. The highest BCUT2D eigenvalue weighted by molar-refractivity contribution is 5.75. The number of aryl methyl sites for hydroxylation is 2. The first-order valence-corrected chi connectivity index (χ1v) is 6.35. The Morgan fingerprint density at radius 3 is 2.24 bits per heavy atom. The topological polar surface area (TPSA) is 55.6 Å². The molecule has 7 heteroatoms. The minimum atomic E-state index is -4.36. The molecule has 0 saturated heterocycles. The van der Waals surface area contributed by atoms with Crippen LogP contribution in [0, 0.1) is 13.8 Å². The quantitative estimate of drug-likeness (QED) is 0.876. The predicted octanol–water partition coefficient (Wildman–Crippen LogP) is 2.16. The molecule has 2 N–H and O–H groups in total. The number of nitrogens with zero attached hydrogens (tertiary/aromatic N) is 1. The second kappa shape index (κ2) is 6.80. The van der Waals surface area contributed by atoms with Crippen molar-refractivity contribution in [2.24, 2.45) is 5.73 Å². The number of nitrogens with two attached hydrogens (primary N) is 1. The van der Waals surface area contributed by atoms with E-state index in [0.717, 1.165) is 5.56 Å². The number of benzene rings is 1. The van der Waals surface area contributed by atoms with Crippen LogP contribution in [0.3, 0.4) is 0 Å². The third kappa shape index (κ3) is 6.03. The number of carbonyl (C=O) groups is 1. The molecular formula is C14H19F3N2O2. The fourth-order valence-corrected chi connectivity index (χ4v) is 2.15. The van der Waals surface area contributed by atoms with E-state index in [1.165, 1.54) is 0 Å². The molecule has 0 heterocycles. The van der Waals surface area contributed by atoms with Gasteiger partial charge in [0.2, 0.25) is 5.91 Å². The van der Waals surface area contributed by atoms with Crippen molar-refractivity contribution >= 4 is 5.91 Å². The third-order valence-electron chi connectivity index (χ3n) is 2.78. The molecule has 0 unspecified atom stereocenters. The zero-order chi connectivity index (χ0) is 16.2. The molecule has 0 fully saturated rings. The highest BCUT2D eigenvalue weighted by Crippen LogP contribution is 2.27. The maximum Gasteiger partial charge on any atom is 0.422 e. The van der Waals surface area contributed by atoms with Gasteiger partial charge < -0.3 is 10.5 Å². The Balaban J connectivity index is 2.82. The Morgan fingerprint density at radius 2 is 1.81 bits per heavy atom. The van der Waals surface area contributed by atoms with Gasteiger partial charge in [-0.15, -0.1) is 0 Å². The molecule has 0 atom stereocenters. The summed E-state index contributed by atoms with van der Waals surface area (Å²) < 4.78 is 41.4. The molecule has 1 amide bonds. The zero-order valence-electron chi connectivity index (χ0n) is 12.3. The van der Waals surface area contributed by atoms with Gasteiger partial charge in [-0.1, -0.05) is 12.1 Å². The SMILES string of the molecule is Cc1cc(CN(C)CC(N)=O)cc(C)c1OCC(F)(F)F. The van der Waals surface area contributed by atoms with E-state index in [1.54, 1.807) is 37.9 Å². The number of primary amides is 1. The van der Waals surface area contributed by atoms with Gasteiger partial charge in [-0.3, -0.25) is 9.69 Å². The predicted molar refractivity (Wildman–Crippen MR) is 73.0 cm³/mol. The van der Waals surface area contributed by atoms with E-state index < -0.39 is 18.7 Å². The fraction of sp³-hybridized carbons (Fsp3) is 0.500. The summed E-state index contributed by atoms with van der Waals surface area (Å²) in [5.74, 6) is -0.190. The number of likely N-dealkylation sites (N-methyl/N-ethyl adjacent to an activating group) is 1. The molecule has 0 aliphatic carbocycles. The lowest BCUT2D eigenvalue weighted by molar-refractivity contribution is -0.153. The van der Waals surface area contributed by atoms with E-state index in [9.17, 15) is 18.0 Å². The largest absolute Gasteiger partial charge is 0.484 e. The van der Waals surface area contributed by atoms with E-state index in [1.807, 2.05) is 0 Å². The van der Waals surface area contributed by atoms with Gasteiger partial charge in [0.05, 0.1) is 6.54 Å². The molecule has 0 radical (unpaired) electrons. The van der Waals surface area contributed by atoms with Gasteiger partial charge >= 0.3 is 6.18 Å². The molecule has 21 heavy (non-hydrogen) atoms. The van der Waals surface area contributed by atoms with Crippen molar-refractivity contribution in [1.82, 2.24) is 4.90 Å². The maximum absolute atomic E-state index is 12.2. The van der Waals surface area contributed by atoms with Crippen molar-refractivity contribution < 1.29 is 22.7 Å². The summed E-state index contributed by atoms with van der Waals surface area (Å²) in [7, 11) is 1.74. The smallest absolute Gasteiger partial charge is 0.422 e. The number of rotatable bonds is 6. The molecule has 0 spiro atoms. The number of hydrogen-bond donors (Lipinski definition) is 1. The van der Waals surface area contributed by atoms with Gasteiger partial charge in [-0.25, -0.2) is 0 Å². The van der Waals surface area contributed by atoms with Crippen molar-refractivity contribution in [3.05, 3.63) is 28.8 Å². The molecule has 0 saturated carbocycles. The van der Waals surface area contributed by atoms with Crippen molar-refractivity contribution in [1.29, 1.82) is 0 Å². The Kier molecular flexibility index (Phi) is 5.60. The monoisotopic (exact) mass is 304 g/mol. The Bertz CT molecular complexity index is 492. The third-order valence-corrected chi connectivity index (χ3v) is 2.78. The minimum absolute atomic E-state index is 0.115. The normalized spacial score (nSPS) is 11.8. The van der Waals surface area contributed by atoms with E-state index >= 15 is 0 Å². The molecule has 1 aromatic rings. The van der Waals surface area contributed by atoms with Crippen LogP contribution in [0.4, 0.5) is 13.2 Å². The van der Waals surface area contributed by atoms with Crippen LogP contribution >= 0.6 is 0 Å². The van der Waals surface area contributed by atoms with Crippen molar-refractivity contribution in [2.45, 2.75) is 26.6 Å². The molecule has 0 aliphatic heterocycles. The Morgan fingerprint density at radius 1 is 1.29 bits per heavy atom. The average molecular weight is 304 g/mol. The number of halogens is 3. The summed E-state index contributed by atoms with van der Waals surface area (Å²) in [4.78, 5) is 12.6. The van der Waals surface area contributed by atoms with Gasteiger partial charge in [0, 0.05) is 6.54 Å². The first kappa shape index (κ1) is 17.3. The van der Waals surface area contributed by atoms with Gasteiger partial charge in [-0.05, 0) is 37.6 Å². The molecule has 4 nitrogen and oxygen atoms in total. The van der Waals surface area contributed by atoms with Crippen molar-refractivity contribution in [3.8, 4) is 5.75 Å². The maximum atomic E-state index is 12.2. The van der Waals surface area contributed by atoms with Gasteiger partial charge in [0.25, 0.3) is 0 Å². The molecule has 1 rings (SSSR count). The van der Waals surface area contributed by atoms with E-state index in [-0.39, 0.29) is 12.3 Å². The lowest BCUT2D eigenvalue weighted by Gasteiger charge is -2.18. The van der Waals surface area contributed by atoms with Gasteiger partial charge in [0.15, 0.2) is 6.61 Å². The zero-order valence-corrected chi connectivity index (χ0v) is 12.3. The van der Waals surface area contributed by atoms with E-state index in [2.05, 4.69) is 0 Å². The standard InChI is InChI=1S/C14H19F3N2O2/c1-9-4-11(6-19(3)7-12(18)20)5-10(2)13(9)21-8-14(15,16)17/h4-5H,6-8H2,1-3H3,(H2,18,20). The highest BCUT2D eigenvalue weighted by Gasteiger charge is 2.29. The van der Waals surface area contributed by atoms with Gasteiger partial charge in [0.1, 0.15) is 5.75 Å². The first-order valence-electron chi connectivity index (χ1n) is 6.35. The molecular weight excluding hydrogens is 285 g/mol. The number of carbonyl (C=O) groups excluding carboxylic acids is 1. The highest BCUT2D eigenvalue weighted by atomic mass is 19.4. The molecule has 0 aliphatic rings. The van der Waals surface area contributed by atoms with Crippen molar-refractivity contribution in [2.75, 3.05) is 20.2 Å².